The lowest BCUT2D eigenvalue weighted by atomic mass is 9.98. The van der Waals surface area contributed by atoms with Crippen molar-refractivity contribution in [2.75, 3.05) is 32.9 Å². The van der Waals surface area contributed by atoms with Crippen molar-refractivity contribution < 1.29 is 27.9 Å². The maximum absolute atomic E-state index is 12.5. The van der Waals surface area contributed by atoms with Gasteiger partial charge in [0.1, 0.15) is 0 Å². The van der Waals surface area contributed by atoms with Crippen LogP contribution in [0.5, 0.6) is 0 Å². The number of sulfone groups is 1. The predicted octanol–water partition coefficient (Wildman–Crippen LogP) is 0.485. The van der Waals surface area contributed by atoms with Gasteiger partial charge in [0.05, 0.1) is 17.4 Å². The number of carboxylic acids is 1. The number of amides is 2. The Bertz CT molecular complexity index is 820. The normalized spacial score (nSPS) is 17.6. The van der Waals surface area contributed by atoms with Gasteiger partial charge in [-0.2, -0.15) is 0 Å². The standard InChI is InChI=1S/C17H22N2O6S/c1-18(11-15(20)19-8-4-6-13(10-19)17(22)23)16(21)12-5-3-7-14(9-12)26(2,24)25/h3,5,7,9,13H,4,6,8,10-11H2,1-2H3,(H,22,23). The summed E-state index contributed by atoms with van der Waals surface area (Å²) < 4.78 is 23.2. The van der Waals surface area contributed by atoms with Crippen LogP contribution in [0, 0.1) is 5.92 Å². The van der Waals surface area contributed by atoms with Crippen LogP contribution in [0.2, 0.25) is 0 Å². The van der Waals surface area contributed by atoms with Gasteiger partial charge in [-0.15, -0.1) is 0 Å². The molecule has 0 saturated carbocycles. The minimum atomic E-state index is -3.44. The Kier molecular flexibility index (Phi) is 6.01. The van der Waals surface area contributed by atoms with E-state index in [-0.39, 0.29) is 29.5 Å². The second-order valence-electron chi connectivity index (χ2n) is 6.48. The van der Waals surface area contributed by atoms with Crippen molar-refractivity contribution in [3.63, 3.8) is 0 Å². The molecule has 1 aromatic rings. The number of hydrogen-bond donors (Lipinski definition) is 1. The molecule has 1 aromatic carbocycles. The smallest absolute Gasteiger partial charge is 0.308 e. The SMILES string of the molecule is CN(CC(=O)N1CCCC(C(=O)O)C1)C(=O)c1cccc(S(C)(=O)=O)c1. The van der Waals surface area contributed by atoms with Crippen LogP contribution in [0.25, 0.3) is 0 Å². The zero-order valence-electron chi connectivity index (χ0n) is 14.7. The molecule has 1 unspecified atom stereocenters. The summed E-state index contributed by atoms with van der Waals surface area (Å²) in [6, 6.07) is 5.64. The maximum atomic E-state index is 12.5. The lowest BCUT2D eigenvalue weighted by molar-refractivity contribution is -0.145. The number of benzene rings is 1. The van der Waals surface area contributed by atoms with Gasteiger partial charge in [-0.3, -0.25) is 14.4 Å². The molecular formula is C17H22N2O6S. The molecule has 2 amide bonds. The third-order valence-electron chi connectivity index (χ3n) is 4.35. The first kappa shape index (κ1) is 19.9. The fourth-order valence-corrected chi connectivity index (χ4v) is 3.53. The first-order chi connectivity index (χ1) is 12.1. The van der Waals surface area contributed by atoms with Gasteiger partial charge in [-0.1, -0.05) is 6.07 Å². The van der Waals surface area contributed by atoms with E-state index in [4.69, 9.17) is 5.11 Å². The van der Waals surface area contributed by atoms with Gasteiger partial charge in [0.25, 0.3) is 5.91 Å². The van der Waals surface area contributed by atoms with E-state index in [1.807, 2.05) is 0 Å². The molecule has 0 radical (unpaired) electrons. The molecular weight excluding hydrogens is 360 g/mol. The number of carboxylic acid groups (broad SMARTS) is 1. The van der Waals surface area contributed by atoms with E-state index in [0.29, 0.717) is 19.4 Å². The summed E-state index contributed by atoms with van der Waals surface area (Å²) >= 11 is 0. The zero-order valence-corrected chi connectivity index (χ0v) is 15.5. The van der Waals surface area contributed by atoms with Crippen LogP contribution in [0.4, 0.5) is 0 Å². The van der Waals surface area contributed by atoms with Gasteiger partial charge < -0.3 is 14.9 Å². The molecule has 0 aromatic heterocycles. The van der Waals surface area contributed by atoms with Crippen LogP contribution in [0.1, 0.15) is 23.2 Å². The van der Waals surface area contributed by atoms with Crippen LogP contribution in [0.15, 0.2) is 29.2 Å². The van der Waals surface area contributed by atoms with E-state index in [9.17, 15) is 22.8 Å². The molecule has 1 fully saturated rings. The molecule has 1 saturated heterocycles. The maximum Gasteiger partial charge on any atom is 0.308 e. The van der Waals surface area contributed by atoms with Gasteiger partial charge in [-0.05, 0) is 31.0 Å². The summed E-state index contributed by atoms with van der Waals surface area (Å²) in [5.41, 5.74) is 0.172. The summed E-state index contributed by atoms with van der Waals surface area (Å²) in [5, 5.41) is 9.10. The lowest BCUT2D eigenvalue weighted by Crippen LogP contribution is -2.46. The molecule has 142 valence electrons. The molecule has 1 atom stereocenters. The summed E-state index contributed by atoms with van der Waals surface area (Å²) in [4.78, 5) is 38.7. The topological polar surface area (TPSA) is 112 Å². The van der Waals surface area contributed by atoms with Crippen molar-refractivity contribution in [3.8, 4) is 0 Å². The Hall–Kier alpha value is -2.42. The van der Waals surface area contributed by atoms with E-state index in [2.05, 4.69) is 0 Å². The molecule has 8 nitrogen and oxygen atoms in total. The summed E-state index contributed by atoms with van der Waals surface area (Å²) in [6.45, 7) is 0.405. The monoisotopic (exact) mass is 382 g/mol. The number of piperidine rings is 1. The van der Waals surface area contributed by atoms with E-state index in [1.165, 1.54) is 41.1 Å². The van der Waals surface area contributed by atoms with Crippen molar-refractivity contribution in [3.05, 3.63) is 29.8 Å². The summed E-state index contributed by atoms with van der Waals surface area (Å²) in [5.74, 6) is -2.31. The second-order valence-corrected chi connectivity index (χ2v) is 8.49. The van der Waals surface area contributed by atoms with Gasteiger partial charge in [0, 0.05) is 32.0 Å². The van der Waals surface area contributed by atoms with E-state index >= 15 is 0 Å². The van der Waals surface area contributed by atoms with E-state index < -0.39 is 27.6 Å². The van der Waals surface area contributed by atoms with Crippen molar-refractivity contribution in [2.45, 2.75) is 17.7 Å². The molecule has 1 aliphatic rings. The number of hydrogen-bond acceptors (Lipinski definition) is 5. The molecule has 0 spiro atoms. The average molecular weight is 382 g/mol. The Labute approximate surface area is 152 Å². The molecule has 1 aliphatic heterocycles. The predicted molar refractivity (Wildman–Crippen MR) is 93.5 cm³/mol. The van der Waals surface area contributed by atoms with Crippen molar-refractivity contribution in [2.24, 2.45) is 5.92 Å². The van der Waals surface area contributed by atoms with Gasteiger partial charge in [0.15, 0.2) is 9.84 Å². The highest BCUT2D eigenvalue weighted by atomic mass is 32.2. The fourth-order valence-electron chi connectivity index (χ4n) is 2.86. The van der Waals surface area contributed by atoms with Crippen molar-refractivity contribution in [1.29, 1.82) is 0 Å². The van der Waals surface area contributed by atoms with E-state index in [0.717, 1.165) is 6.26 Å². The number of nitrogens with zero attached hydrogens (tertiary/aromatic N) is 2. The Morgan fingerprint density at radius 1 is 1.31 bits per heavy atom. The molecule has 9 heteroatoms. The highest BCUT2D eigenvalue weighted by molar-refractivity contribution is 7.90. The molecule has 0 bridgehead atoms. The second kappa shape index (κ2) is 7.86. The van der Waals surface area contributed by atoms with Crippen molar-refractivity contribution >= 4 is 27.6 Å². The lowest BCUT2D eigenvalue weighted by Gasteiger charge is -2.32. The molecule has 26 heavy (non-hydrogen) atoms. The minimum absolute atomic E-state index is 0.0309. The number of likely N-dealkylation sites (tertiary alicyclic amines) is 1. The van der Waals surface area contributed by atoms with Crippen LogP contribution in [0.3, 0.4) is 0 Å². The fraction of sp³-hybridized carbons (Fsp3) is 0.471. The summed E-state index contributed by atoms with van der Waals surface area (Å²) in [6.07, 6.45) is 2.20. The number of likely N-dealkylation sites (N-methyl/N-ethyl adjacent to an activating group) is 1. The van der Waals surface area contributed by atoms with Crippen LogP contribution in [-0.2, 0) is 19.4 Å². The van der Waals surface area contributed by atoms with Gasteiger partial charge in [-0.25, -0.2) is 8.42 Å². The molecule has 1 heterocycles. The number of rotatable bonds is 5. The van der Waals surface area contributed by atoms with Gasteiger partial charge in [0.2, 0.25) is 5.91 Å². The summed E-state index contributed by atoms with van der Waals surface area (Å²) in [7, 11) is -1.99. The first-order valence-corrected chi connectivity index (χ1v) is 10.0. The third kappa shape index (κ3) is 4.81. The zero-order chi connectivity index (χ0) is 19.5. The third-order valence-corrected chi connectivity index (χ3v) is 5.46. The number of aliphatic carboxylic acids is 1. The number of carbonyl (C=O) groups excluding carboxylic acids is 2. The first-order valence-electron chi connectivity index (χ1n) is 8.15. The van der Waals surface area contributed by atoms with Crippen LogP contribution < -0.4 is 0 Å². The Morgan fingerprint density at radius 3 is 2.62 bits per heavy atom. The highest BCUT2D eigenvalue weighted by Crippen LogP contribution is 2.17. The van der Waals surface area contributed by atoms with Crippen molar-refractivity contribution in [1.82, 2.24) is 9.80 Å². The minimum Gasteiger partial charge on any atom is -0.481 e. The Morgan fingerprint density at radius 2 is 2.00 bits per heavy atom. The highest BCUT2D eigenvalue weighted by Gasteiger charge is 2.29. The van der Waals surface area contributed by atoms with Crippen LogP contribution >= 0.6 is 0 Å². The quantitative estimate of drug-likeness (QED) is 0.793. The average Bonchev–Trinajstić information content (AvgIpc) is 2.60. The van der Waals surface area contributed by atoms with E-state index in [1.54, 1.807) is 0 Å². The molecule has 0 aliphatic carbocycles. The molecule has 1 N–H and O–H groups in total. The largest absolute Gasteiger partial charge is 0.481 e. The van der Waals surface area contributed by atoms with Gasteiger partial charge >= 0.3 is 5.97 Å². The Balaban J connectivity index is 2.05. The van der Waals surface area contributed by atoms with Crippen LogP contribution in [-0.4, -0.2) is 74.0 Å². The number of carbonyl (C=O) groups is 3. The molecule has 2 rings (SSSR count).